The van der Waals surface area contributed by atoms with E-state index in [1.165, 1.54) is 6.07 Å². The molecule has 0 aliphatic rings. The highest BCUT2D eigenvalue weighted by molar-refractivity contribution is 6.34. The number of hydrogen-bond acceptors (Lipinski definition) is 2. The summed E-state index contributed by atoms with van der Waals surface area (Å²) in [5.74, 6) is -2.37. The average molecular weight is 229 g/mol. The van der Waals surface area contributed by atoms with Crippen LogP contribution >= 0.6 is 11.6 Å². The molecule has 15 heavy (non-hydrogen) atoms. The van der Waals surface area contributed by atoms with Crippen molar-refractivity contribution in [3.05, 3.63) is 46.8 Å². The Labute approximate surface area is 89.8 Å². The molecule has 0 unspecified atom stereocenters. The lowest BCUT2D eigenvalue weighted by molar-refractivity contribution is -0.131. The lowest BCUT2D eigenvalue weighted by Gasteiger charge is -1.98. The molecule has 0 aromatic heterocycles. The summed E-state index contributed by atoms with van der Waals surface area (Å²) in [4.78, 5) is 21.5. The number of ketones is 1. The molecule has 1 aromatic rings. The van der Waals surface area contributed by atoms with Gasteiger partial charge < -0.3 is 5.11 Å². The van der Waals surface area contributed by atoms with E-state index >= 15 is 0 Å². The number of allylic oxidation sites excluding steroid dienone is 1. The Kier molecular flexibility index (Phi) is 3.57. The minimum atomic E-state index is -1.23. The molecule has 1 N–H and O–H groups in total. The molecule has 5 heteroatoms. The predicted octanol–water partition coefficient (Wildman–Crippen LogP) is 2.30. The molecule has 1 aromatic carbocycles. The molecule has 0 saturated carbocycles. The Hall–Kier alpha value is -1.68. The van der Waals surface area contributed by atoms with E-state index in [4.69, 9.17) is 16.7 Å². The predicted molar refractivity (Wildman–Crippen MR) is 52.5 cm³/mol. The summed E-state index contributed by atoms with van der Waals surface area (Å²) in [5.41, 5.74) is 0.0653. The first kappa shape index (κ1) is 11.4. The zero-order chi connectivity index (χ0) is 11.4. The van der Waals surface area contributed by atoms with Gasteiger partial charge in [0.25, 0.3) is 0 Å². The minimum absolute atomic E-state index is 0.0463. The molecule has 0 aliphatic heterocycles. The van der Waals surface area contributed by atoms with Crippen LogP contribution in [0.1, 0.15) is 10.4 Å². The van der Waals surface area contributed by atoms with Crippen LogP contribution in [0.15, 0.2) is 30.4 Å². The number of rotatable bonds is 3. The Morgan fingerprint density at radius 1 is 1.33 bits per heavy atom. The molecule has 0 aliphatic carbocycles. The summed E-state index contributed by atoms with van der Waals surface area (Å²) in [6, 6.07) is 3.27. The molecular weight excluding hydrogens is 223 g/mol. The number of halogens is 2. The number of carbonyl (C=O) groups is 2. The highest BCUT2D eigenvalue weighted by atomic mass is 35.5. The fourth-order valence-electron chi connectivity index (χ4n) is 0.926. The van der Waals surface area contributed by atoms with Crippen molar-refractivity contribution in [3.63, 3.8) is 0 Å². The molecule has 0 atom stereocenters. The van der Waals surface area contributed by atoms with Gasteiger partial charge in [-0.1, -0.05) is 11.6 Å². The van der Waals surface area contributed by atoms with Crippen molar-refractivity contribution < 1.29 is 19.1 Å². The molecule has 0 fully saturated rings. The van der Waals surface area contributed by atoms with E-state index < -0.39 is 17.6 Å². The van der Waals surface area contributed by atoms with Crippen molar-refractivity contribution in [2.75, 3.05) is 0 Å². The highest BCUT2D eigenvalue weighted by Gasteiger charge is 2.08. The fourth-order valence-corrected chi connectivity index (χ4v) is 1.19. The number of benzene rings is 1. The van der Waals surface area contributed by atoms with Crippen molar-refractivity contribution in [1.29, 1.82) is 0 Å². The number of carbonyl (C=O) groups excluding carboxylic acids is 1. The van der Waals surface area contributed by atoms with Gasteiger partial charge in [0.1, 0.15) is 5.82 Å². The van der Waals surface area contributed by atoms with Gasteiger partial charge in [0.2, 0.25) is 0 Å². The molecule has 1 rings (SSSR count). The van der Waals surface area contributed by atoms with Crippen LogP contribution in [0.5, 0.6) is 0 Å². The van der Waals surface area contributed by atoms with Crippen LogP contribution in [0.2, 0.25) is 5.02 Å². The van der Waals surface area contributed by atoms with Crippen LogP contribution in [0.3, 0.4) is 0 Å². The van der Waals surface area contributed by atoms with Gasteiger partial charge in [-0.15, -0.1) is 0 Å². The van der Waals surface area contributed by atoms with E-state index in [-0.39, 0.29) is 10.6 Å². The van der Waals surface area contributed by atoms with Gasteiger partial charge in [-0.2, -0.15) is 0 Å². The van der Waals surface area contributed by atoms with Crippen molar-refractivity contribution in [1.82, 2.24) is 0 Å². The zero-order valence-electron chi connectivity index (χ0n) is 7.41. The van der Waals surface area contributed by atoms with Crippen molar-refractivity contribution in [2.45, 2.75) is 0 Å². The Morgan fingerprint density at radius 3 is 2.53 bits per heavy atom. The Bertz CT molecular complexity index is 440. The standard InChI is InChI=1S/C10H6ClFO3/c11-8-5-6(12)1-2-7(8)9(13)3-4-10(14)15/h1-5H,(H,14,15). The minimum Gasteiger partial charge on any atom is -0.478 e. The van der Waals surface area contributed by atoms with E-state index in [0.29, 0.717) is 6.08 Å². The lowest BCUT2D eigenvalue weighted by Crippen LogP contribution is -1.98. The molecule has 3 nitrogen and oxygen atoms in total. The molecule has 0 heterocycles. The fraction of sp³-hybridized carbons (Fsp3) is 0. The first-order chi connectivity index (χ1) is 7.00. The van der Waals surface area contributed by atoms with Crippen LogP contribution in [-0.4, -0.2) is 16.9 Å². The van der Waals surface area contributed by atoms with Crippen LogP contribution in [0.25, 0.3) is 0 Å². The lowest BCUT2D eigenvalue weighted by atomic mass is 10.1. The second-order valence-corrected chi connectivity index (χ2v) is 3.07. The molecule has 0 amide bonds. The summed E-state index contributed by atoms with van der Waals surface area (Å²) >= 11 is 5.60. The first-order valence-electron chi connectivity index (χ1n) is 3.91. The van der Waals surface area contributed by atoms with E-state index in [2.05, 4.69) is 0 Å². The van der Waals surface area contributed by atoms with Gasteiger partial charge >= 0.3 is 5.97 Å². The van der Waals surface area contributed by atoms with E-state index in [0.717, 1.165) is 18.2 Å². The number of hydrogen-bond donors (Lipinski definition) is 1. The smallest absolute Gasteiger partial charge is 0.328 e. The quantitative estimate of drug-likeness (QED) is 0.638. The van der Waals surface area contributed by atoms with Gasteiger partial charge in [0.15, 0.2) is 5.78 Å². The summed E-state index contributed by atoms with van der Waals surface area (Å²) in [7, 11) is 0. The van der Waals surface area contributed by atoms with Crippen molar-refractivity contribution in [2.24, 2.45) is 0 Å². The summed E-state index contributed by atoms with van der Waals surface area (Å²) in [6.07, 6.45) is 1.56. The maximum atomic E-state index is 12.6. The summed E-state index contributed by atoms with van der Waals surface area (Å²) < 4.78 is 12.6. The first-order valence-corrected chi connectivity index (χ1v) is 4.29. The zero-order valence-corrected chi connectivity index (χ0v) is 8.16. The largest absolute Gasteiger partial charge is 0.478 e. The van der Waals surface area contributed by atoms with E-state index in [9.17, 15) is 14.0 Å². The molecular formula is C10H6ClFO3. The molecule has 0 saturated heterocycles. The van der Waals surface area contributed by atoms with Crippen LogP contribution in [-0.2, 0) is 4.79 Å². The molecule has 0 spiro atoms. The molecule has 0 bridgehead atoms. The van der Waals surface area contributed by atoms with Gasteiger partial charge in [-0.3, -0.25) is 4.79 Å². The van der Waals surface area contributed by atoms with E-state index in [1.807, 2.05) is 0 Å². The third-order valence-electron chi connectivity index (χ3n) is 1.57. The van der Waals surface area contributed by atoms with Crippen LogP contribution in [0, 0.1) is 5.82 Å². The second kappa shape index (κ2) is 4.70. The van der Waals surface area contributed by atoms with Crippen LogP contribution in [0.4, 0.5) is 4.39 Å². The van der Waals surface area contributed by atoms with Gasteiger partial charge in [0.05, 0.1) is 5.02 Å². The SMILES string of the molecule is O=C(O)C=CC(=O)c1ccc(F)cc1Cl. The maximum Gasteiger partial charge on any atom is 0.328 e. The second-order valence-electron chi connectivity index (χ2n) is 2.66. The van der Waals surface area contributed by atoms with Gasteiger partial charge in [-0.25, -0.2) is 9.18 Å². The number of aliphatic carboxylic acids is 1. The van der Waals surface area contributed by atoms with Gasteiger partial charge in [0, 0.05) is 11.6 Å². The Balaban J connectivity index is 2.97. The third-order valence-corrected chi connectivity index (χ3v) is 1.89. The monoisotopic (exact) mass is 228 g/mol. The molecule has 0 radical (unpaired) electrons. The number of carboxylic acids is 1. The Morgan fingerprint density at radius 2 is 2.00 bits per heavy atom. The average Bonchev–Trinajstić information content (AvgIpc) is 2.14. The van der Waals surface area contributed by atoms with Crippen molar-refractivity contribution in [3.8, 4) is 0 Å². The summed E-state index contributed by atoms with van der Waals surface area (Å²) in [6.45, 7) is 0. The van der Waals surface area contributed by atoms with Crippen molar-refractivity contribution >= 4 is 23.4 Å². The van der Waals surface area contributed by atoms with Gasteiger partial charge in [-0.05, 0) is 24.3 Å². The molecule has 78 valence electrons. The van der Waals surface area contributed by atoms with Crippen LogP contribution < -0.4 is 0 Å². The van der Waals surface area contributed by atoms with E-state index in [1.54, 1.807) is 0 Å². The third kappa shape index (κ3) is 3.18. The highest BCUT2D eigenvalue weighted by Crippen LogP contribution is 2.17. The topological polar surface area (TPSA) is 54.4 Å². The number of carboxylic acid groups (broad SMARTS) is 1. The normalized spacial score (nSPS) is 10.5. The maximum absolute atomic E-state index is 12.6. The summed E-state index contributed by atoms with van der Waals surface area (Å²) in [5, 5.41) is 8.24.